The summed E-state index contributed by atoms with van der Waals surface area (Å²) in [4.78, 5) is 11.8. The van der Waals surface area contributed by atoms with Gasteiger partial charge in [0.1, 0.15) is 0 Å². The molecule has 0 bridgehead atoms. The summed E-state index contributed by atoms with van der Waals surface area (Å²) in [6.45, 7) is 0. The topological polar surface area (TPSA) is 26.3 Å². The van der Waals surface area contributed by atoms with E-state index in [1.165, 1.54) is 15.6 Å². The van der Waals surface area contributed by atoms with E-state index in [4.69, 9.17) is 8.25 Å². The molecule has 5 heteroatoms. The van der Waals surface area contributed by atoms with Gasteiger partial charge in [0.05, 0.1) is 0 Å². The van der Waals surface area contributed by atoms with Gasteiger partial charge in [-0.25, -0.2) is 0 Å². The van der Waals surface area contributed by atoms with Gasteiger partial charge in [-0.05, 0) is 0 Å². The second-order valence-electron chi connectivity index (χ2n) is 2.29. The Kier molecular flexibility index (Phi) is 4.98. The van der Waals surface area contributed by atoms with Crippen LogP contribution in [0, 0.1) is 0 Å². The summed E-state index contributed by atoms with van der Waals surface area (Å²) in [5.41, 5.74) is 0. The van der Waals surface area contributed by atoms with Crippen LogP contribution in [0.1, 0.15) is 4.88 Å². The van der Waals surface area contributed by atoms with Crippen molar-refractivity contribution in [2.45, 2.75) is 0 Å². The zero-order valence-corrected chi connectivity index (χ0v) is 14.2. The van der Waals surface area contributed by atoms with Gasteiger partial charge in [0.25, 0.3) is 0 Å². The van der Waals surface area contributed by atoms with Gasteiger partial charge >= 0.3 is 97.1 Å². The first-order chi connectivity index (χ1) is 6.26. The molecule has 0 aliphatic carbocycles. The number of hydrogen-bond acceptors (Lipinski definition) is 3. The average Bonchev–Trinajstić information content (AvgIpc) is 2.61. The number of ether oxygens (including phenoxy) is 1. The van der Waals surface area contributed by atoms with Gasteiger partial charge in [0.15, 0.2) is 0 Å². The van der Waals surface area contributed by atoms with Crippen molar-refractivity contribution < 1.29 is 32.9 Å². The fraction of sp³-hybridized carbons (Fsp3) is 0.125. The van der Waals surface area contributed by atoms with Crippen LogP contribution in [0.4, 0.5) is 0 Å². The van der Waals surface area contributed by atoms with E-state index in [1.807, 2.05) is 12.1 Å². The van der Waals surface area contributed by atoms with Crippen LogP contribution in [0.25, 0.3) is 6.08 Å². The molecule has 66 valence electrons. The van der Waals surface area contributed by atoms with E-state index in [0.29, 0.717) is 0 Å². The van der Waals surface area contributed by atoms with E-state index in [-0.39, 0.29) is 5.97 Å². The van der Waals surface area contributed by atoms with E-state index in [0.717, 1.165) is 4.88 Å². The molecule has 0 unspecified atom stereocenters. The first kappa shape index (κ1) is 11.2. The number of hydrogen-bond donors (Lipinski definition) is 0. The number of carbonyl (C=O) groups excluding carboxylic acids is 1. The second-order valence-corrected chi connectivity index (χ2v) is 11.8. The van der Waals surface area contributed by atoms with Crippen molar-refractivity contribution in [3.63, 3.8) is 0 Å². The molecule has 1 rings (SSSR count). The third kappa shape index (κ3) is 3.79. The van der Waals surface area contributed by atoms with Gasteiger partial charge in [-0.3, -0.25) is 0 Å². The van der Waals surface area contributed by atoms with Crippen LogP contribution in [0.3, 0.4) is 0 Å². The third-order valence-electron chi connectivity index (χ3n) is 1.40. The summed E-state index contributed by atoms with van der Waals surface area (Å²) in [7, 11) is 7.21. The molecule has 0 aromatic carbocycles. The fourth-order valence-corrected chi connectivity index (χ4v) is 7.14. The molecule has 1 heterocycles. The zero-order valence-electron chi connectivity index (χ0n) is 7.12. The molecule has 1 aromatic heterocycles. The van der Waals surface area contributed by atoms with Gasteiger partial charge in [-0.2, -0.15) is 0 Å². The summed E-state index contributed by atoms with van der Waals surface area (Å²) in [5.74, 6) is -0.328. The molecule has 2 nitrogen and oxygen atoms in total. The average molecular weight is 403 g/mol. The number of halogens is 1. The Morgan fingerprint density at radius 2 is 2.46 bits per heavy atom. The summed E-state index contributed by atoms with van der Waals surface area (Å²) >= 11 is 0.409. The minimum absolute atomic E-state index is 0.328. The van der Waals surface area contributed by atoms with Crippen LogP contribution in [-0.2, 0) is 32.9 Å². The Balaban J connectivity index is 2.63. The maximum atomic E-state index is 10.7. The third-order valence-corrected chi connectivity index (χ3v) is 11.1. The van der Waals surface area contributed by atoms with Gasteiger partial charge in [-0.15, -0.1) is 0 Å². The number of carbonyl (C=O) groups is 1. The monoisotopic (exact) mass is 404 g/mol. The Bertz CT molecular complexity index is 322. The Labute approximate surface area is 96.4 Å². The van der Waals surface area contributed by atoms with Gasteiger partial charge in [0.2, 0.25) is 0 Å². The van der Waals surface area contributed by atoms with Crippen LogP contribution in [-0.4, -0.2) is 13.1 Å². The molecule has 1 aromatic rings. The molecule has 0 aliphatic heterocycles. The molecule has 0 fully saturated rings. The van der Waals surface area contributed by atoms with E-state index < -0.39 is 23.3 Å². The quantitative estimate of drug-likeness (QED) is 0.437. The summed E-state index contributed by atoms with van der Waals surface area (Å²) < 4.78 is 5.78. The molecule has 0 spiro atoms. The van der Waals surface area contributed by atoms with Crippen molar-refractivity contribution in [3.8, 4) is 0 Å². The molecule has 0 atom stereocenters. The van der Waals surface area contributed by atoms with Crippen LogP contribution in [0.5, 0.6) is 0 Å². The molecule has 0 saturated carbocycles. The SMILES string of the molecule is COC(=O)C=Cc1cc[c]([Hg][Cl])s1. The van der Waals surface area contributed by atoms with E-state index in [1.54, 1.807) is 17.4 Å². The summed E-state index contributed by atoms with van der Waals surface area (Å²) in [6.07, 6.45) is 3.17. The van der Waals surface area contributed by atoms with E-state index in [2.05, 4.69) is 4.74 Å². The summed E-state index contributed by atoms with van der Waals surface area (Å²) in [5, 5.41) is 0. The predicted molar refractivity (Wildman–Crippen MR) is 50.9 cm³/mol. The van der Waals surface area contributed by atoms with Crippen LogP contribution >= 0.6 is 19.6 Å². The molecule has 0 aliphatic rings. The standard InChI is InChI=1S/C8H7O2S.ClH.Hg/c1-10-8(9)5-4-7-3-2-6-11-7;;/h2-5H,1H3;1H;/q;;+1/p-1. The van der Waals surface area contributed by atoms with E-state index >= 15 is 0 Å². The normalized spacial score (nSPS) is 10.0. The van der Waals surface area contributed by atoms with Crippen LogP contribution in [0.15, 0.2) is 18.2 Å². The van der Waals surface area contributed by atoms with Gasteiger partial charge in [0, 0.05) is 0 Å². The zero-order chi connectivity index (χ0) is 9.68. The second kappa shape index (κ2) is 5.78. The predicted octanol–water partition coefficient (Wildman–Crippen LogP) is 1.80. The first-order valence-corrected chi connectivity index (χ1v) is 14.0. The maximum absolute atomic E-state index is 10.7. The molecular weight excluding hydrogens is 396 g/mol. The van der Waals surface area contributed by atoms with Crippen LogP contribution < -0.4 is 2.39 Å². The number of thiophene rings is 1. The number of rotatable bonds is 3. The molecule has 13 heavy (non-hydrogen) atoms. The van der Waals surface area contributed by atoms with Gasteiger partial charge in [-0.1, -0.05) is 0 Å². The molecule has 0 radical (unpaired) electrons. The molecule has 0 saturated heterocycles. The van der Waals surface area contributed by atoms with Crippen molar-refractivity contribution in [1.82, 2.24) is 0 Å². The Morgan fingerprint density at radius 1 is 1.69 bits per heavy atom. The van der Waals surface area contributed by atoms with E-state index in [9.17, 15) is 4.79 Å². The van der Waals surface area contributed by atoms with Gasteiger partial charge < -0.3 is 0 Å². The Hall–Kier alpha value is 0.135. The molecular formula is C8H7ClHgO2S. The number of methoxy groups -OCH3 is 1. The Morgan fingerprint density at radius 3 is 3.00 bits per heavy atom. The van der Waals surface area contributed by atoms with Crippen LogP contribution in [0.2, 0.25) is 0 Å². The molecule has 0 amide bonds. The van der Waals surface area contributed by atoms with Crippen molar-refractivity contribution in [2.75, 3.05) is 7.11 Å². The fourth-order valence-electron chi connectivity index (χ4n) is 0.774. The molecule has 0 N–H and O–H groups in total. The summed E-state index contributed by atoms with van der Waals surface area (Å²) in [6, 6.07) is 4.01. The van der Waals surface area contributed by atoms with Crippen molar-refractivity contribution in [1.29, 1.82) is 0 Å². The van der Waals surface area contributed by atoms with Crippen molar-refractivity contribution >= 4 is 34.0 Å². The minimum atomic E-state index is -1.25. The van der Waals surface area contributed by atoms with Crippen molar-refractivity contribution in [3.05, 3.63) is 23.1 Å². The van der Waals surface area contributed by atoms with Crippen molar-refractivity contribution in [2.24, 2.45) is 0 Å². The number of esters is 1. The first-order valence-electron chi connectivity index (χ1n) is 3.67.